The minimum Gasteiger partial charge on any atom is -0.460 e. The Morgan fingerprint density at radius 1 is 1.75 bits per heavy atom. The molecule has 0 amide bonds. The lowest BCUT2D eigenvalue weighted by atomic mass is 10.3. The van der Waals surface area contributed by atoms with E-state index in [2.05, 4.69) is 20.7 Å². The van der Waals surface area contributed by atoms with Crippen molar-refractivity contribution < 1.29 is 9.53 Å². The molecule has 1 aliphatic heterocycles. The van der Waals surface area contributed by atoms with E-state index in [4.69, 9.17) is 0 Å². The van der Waals surface area contributed by atoms with Crippen molar-refractivity contribution in [2.24, 2.45) is 0 Å². The van der Waals surface area contributed by atoms with Gasteiger partial charge in [-0.25, -0.2) is 0 Å². The number of rotatable bonds is 0. The Bertz CT molecular complexity index is 139. The Balaban J connectivity index is 2.55. The highest BCUT2D eigenvalue weighted by Gasteiger charge is 2.06. The molecule has 0 radical (unpaired) electrons. The van der Waals surface area contributed by atoms with Gasteiger partial charge in [0.05, 0.1) is 6.42 Å². The van der Waals surface area contributed by atoms with Crippen molar-refractivity contribution in [3.63, 3.8) is 0 Å². The fourth-order valence-electron chi connectivity index (χ4n) is 0.461. The smallest absolute Gasteiger partial charge is 0.310 e. The van der Waals surface area contributed by atoms with Gasteiger partial charge in [-0.1, -0.05) is 22.0 Å². The second-order valence-corrected chi connectivity index (χ2v) is 2.53. The standard InChI is InChI=1S/C5H5BrO2/c6-4-1-2-5(7)8-3-4/h1H,2-3H2. The van der Waals surface area contributed by atoms with Crippen LogP contribution in [0.25, 0.3) is 0 Å². The molecule has 0 N–H and O–H groups in total. The number of esters is 1. The molecule has 0 atom stereocenters. The van der Waals surface area contributed by atoms with Crippen LogP contribution in [-0.4, -0.2) is 12.6 Å². The van der Waals surface area contributed by atoms with E-state index in [1.807, 2.05) is 6.08 Å². The SMILES string of the molecule is O=C1CC=C(Br)CO1. The van der Waals surface area contributed by atoms with Crippen molar-refractivity contribution in [2.75, 3.05) is 6.61 Å². The summed E-state index contributed by atoms with van der Waals surface area (Å²) < 4.78 is 5.59. The van der Waals surface area contributed by atoms with Crippen molar-refractivity contribution in [3.05, 3.63) is 10.6 Å². The van der Waals surface area contributed by atoms with Gasteiger partial charge in [-0.3, -0.25) is 4.79 Å². The lowest BCUT2D eigenvalue weighted by molar-refractivity contribution is -0.142. The van der Waals surface area contributed by atoms with Crippen LogP contribution in [0, 0.1) is 0 Å². The number of hydrogen-bond donors (Lipinski definition) is 0. The number of carbonyl (C=O) groups excluding carboxylic acids is 1. The number of cyclic esters (lactones) is 1. The van der Waals surface area contributed by atoms with Crippen LogP contribution in [0.2, 0.25) is 0 Å². The first-order valence-electron chi connectivity index (χ1n) is 2.29. The maximum Gasteiger partial charge on any atom is 0.310 e. The first-order valence-corrected chi connectivity index (χ1v) is 3.08. The number of hydrogen-bond acceptors (Lipinski definition) is 2. The van der Waals surface area contributed by atoms with Crippen LogP contribution in [-0.2, 0) is 9.53 Å². The monoisotopic (exact) mass is 176 g/mol. The Labute approximate surface area is 55.6 Å². The summed E-state index contributed by atoms with van der Waals surface area (Å²) in [5.41, 5.74) is 0. The molecule has 1 heterocycles. The Morgan fingerprint density at radius 2 is 2.50 bits per heavy atom. The van der Waals surface area contributed by atoms with Gasteiger partial charge in [0.1, 0.15) is 6.61 Å². The Morgan fingerprint density at radius 3 is 2.88 bits per heavy atom. The molecule has 1 aliphatic rings. The molecule has 0 fully saturated rings. The second-order valence-electron chi connectivity index (χ2n) is 1.52. The van der Waals surface area contributed by atoms with E-state index in [1.165, 1.54) is 0 Å². The average Bonchev–Trinajstić information content (AvgIpc) is 1.77. The first-order chi connectivity index (χ1) is 3.79. The van der Waals surface area contributed by atoms with Gasteiger partial charge in [0.25, 0.3) is 0 Å². The number of carbonyl (C=O) groups is 1. The first kappa shape index (κ1) is 5.82. The molecule has 0 aromatic rings. The van der Waals surface area contributed by atoms with E-state index >= 15 is 0 Å². The minimum absolute atomic E-state index is 0.145. The van der Waals surface area contributed by atoms with Crippen LogP contribution < -0.4 is 0 Å². The molecule has 0 spiro atoms. The quantitative estimate of drug-likeness (QED) is 0.520. The molecule has 2 nitrogen and oxygen atoms in total. The summed E-state index contributed by atoms with van der Waals surface area (Å²) in [5, 5.41) is 0. The Kier molecular flexibility index (Phi) is 1.68. The molecule has 0 aromatic heterocycles. The molecular weight excluding hydrogens is 172 g/mol. The molecule has 0 saturated heterocycles. The zero-order chi connectivity index (χ0) is 5.98. The van der Waals surface area contributed by atoms with Crippen molar-refractivity contribution in [3.8, 4) is 0 Å². The van der Waals surface area contributed by atoms with E-state index in [-0.39, 0.29) is 5.97 Å². The third kappa shape index (κ3) is 1.33. The summed E-state index contributed by atoms with van der Waals surface area (Å²) in [5.74, 6) is -0.145. The van der Waals surface area contributed by atoms with Gasteiger partial charge in [-0.05, 0) is 0 Å². The highest BCUT2D eigenvalue weighted by atomic mass is 79.9. The van der Waals surface area contributed by atoms with Gasteiger partial charge in [-0.15, -0.1) is 0 Å². The summed E-state index contributed by atoms with van der Waals surface area (Å²) in [7, 11) is 0. The predicted octanol–water partition coefficient (Wildman–Crippen LogP) is 1.21. The maximum absolute atomic E-state index is 10.3. The average molecular weight is 177 g/mol. The Hall–Kier alpha value is -0.310. The van der Waals surface area contributed by atoms with E-state index in [0.29, 0.717) is 13.0 Å². The van der Waals surface area contributed by atoms with Gasteiger partial charge in [0.15, 0.2) is 0 Å². The number of halogens is 1. The van der Waals surface area contributed by atoms with Crippen LogP contribution in [0.15, 0.2) is 10.6 Å². The van der Waals surface area contributed by atoms with Gasteiger partial charge in [0.2, 0.25) is 0 Å². The summed E-state index contributed by atoms with van der Waals surface area (Å²) in [6.45, 7) is 0.402. The molecule has 0 bridgehead atoms. The van der Waals surface area contributed by atoms with Crippen LogP contribution in [0.5, 0.6) is 0 Å². The summed E-state index contributed by atoms with van der Waals surface area (Å²) in [6, 6.07) is 0. The summed E-state index contributed by atoms with van der Waals surface area (Å²) in [6.07, 6.45) is 2.21. The van der Waals surface area contributed by atoms with Crippen LogP contribution in [0.4, 0.5) is 0 Å². The molecular formula is C5H5BrO2. The lowest BCUT2D eigenvalue weighted by Crippen LogP contribution is -2.09. The highest BCUT2D eigenvalue weighted by molar-refractivity contribution is 9.11. The number of ether oxygens (including phenoxy) is 1. The van der Waals surface area contributed by atoms with Crippen LogP contribution in [0.1, 0.15) is 6.42 Å². The van der Waals surface area contributed by atoms with E-state index < -0.39 is 0 Å². The second kappa shape index (κ2) is 2.31. The zero-order valence-electron chi connectivity index (χ0n) is 4.19. The normalized spacial score (nSPS) is 19.6. The van der Waals surface area contributed by atoms with Crippen molar-refractivity contribution in [1.29, 1.82) is 0 Å². The fraction of sp³-hybridized carbons (Fsp3) is 0.400. The molecule has 0 aliphatic carbocycles. The third-order valence-corrected chi connectivity index (χ3v) is 1.41. The predicted molar refractivity (Wildman–Crippen MR) is 32.6 cm³/mol. The van der Waals surface area contributed by atoms with Gasteiger partial charge in [0, 0.05) is 4.48 Å². The van der Waals surface area contributed by atoms with Gasteiger partial charge >= 0.3 is 5.97 Å². The van der Waals surface area contributed by atoms with Crippen LogP contribution in [0.3, 0.4) is 0 Å². The van der Waals surface area contributed by atoms with Crippen molar-refractivity contribution in [2.45, 2.75) is 6.42 Å². The lowest BCUT2D eigenvalue weighted by Gasteiger charge is -2.06. The molecule has 0 saturated carbocycles. The third-order valence-electron chi connectivity index (χ3n) is 0.861. The summed E-state index contributed by atoms with van der Waals surface area (Å²) >= 11 is 3.20. The van der Waals surface area contributed by atoms with Gasteiger partial charge < -0.3 is 4.74 Å². The molecule has 44 valence electrons. The molecule has 1 rings (SSSR count). The van der Waals surface area contributed by atoms with E-state index in [9.17, 15) is 4.79 Å². The van der Waals surface area contributed by atoms with Crippen LogP contribution >= 0.6 is 15.9 Å². The van der Waals surface area contributed by atoms with Crippen molar-refractivity contribution in [1.82, 2.24) is 0 Å². The largest absolute Gasteiger partial charge is 0.460 e. The zero-order valence-corrected chi connectivity index (χ0v) is 5.77. The van der Waals surface area contributed by atoms with Crippen molar-refractivity contribution >= 4 is 21.9 Å². The minimum atomic E-state index is -0.145. The van der Waals surface area contributed by atoms with E-state index in [1.54, 1.807) is 0 Å². The van der Waals surface area contributed by atoms with E-state index in [0.717, 1.165) is 4.48 Å². The highest BCUT2D eigenvalue weighted by Crippen LogP contribution is 2.11. The molecule has 3 heteroatoms. The fourth-order valence-corrected chi connectivity index (χ4v) is 0.738. The topological polar surface area (TPSA) is 26.3 Å². The van der Waals surface area contributed by atoms with Gasteiger partial charge in [-0.2, -0.15) is 0 Å². The summed E-state index contributed by atoms with van der Waals surface area (Å²) in [4.78, 5) is 10.3. The maximum atomic E-state index is 10.3. The molecule has 0 unspecified atom stereocenters. The molecule has 8 heavy (non-hydrogen) atoms. The molecule has 0 aromatic carbocycles.